The number of ketones is 1. The van der Waals surface area contributed by atoms with Gasteiger partial charge in [-0.3, -0.25) is 9.59 Å². The summed E-state index contributed by atoms with van der Waals surface area (Å²) in [5.41, 5.74) is 0.901. The minimum Gasteiger partial charge on any atom is -0.457 e. The van der Waals surface area contributed by atoms with Gasteiger partial charge < -0.3 is 4.74 Å². The number of hydrogen-bond donors (Lipinski definition) is 0. The van der Waals surface area contributed by atoms with Gasteiger partial charge in [-0.2, -0.15) is 0 Å². The number of esters is 1. The largest absolute Gasteiger partial charge is 0.457 e. The molecule has 1 aliphatic heterocycles. The number of allylic oxidation sites excluding steroid dienone is 3. The van der Waals surface area contributed by atoms with Crippen LogP contribution >= 0.6 is 0 Å². The van der Waals surface area contributed by atoms with E-state index >= 15 is 0 Å². The van der Waals surface area contributed by atoms with E-state index in [1.54, 1.807) is 12.2 Å². The van der Waals surface area contributed by atoms with Crippen molar-refractivity contribution in [3.8, 4) is 0 Å². The van der Waals surface area contributed by atoms with Crippen LogP contribution in [-0.4, -0.2) is 17.9 Å². The number of rotatable bonds is 0. The lowest BCUT2D eigenvalue weighted by Crippen LogP contribution is -2.38. The van der Waals surface area contributed by atoms with Gasteiger partial charge in [0.05, 0.1) is 5.92 Å². The van der Waals surface area contributed by atoms with Crippen molar-refractivity contribution >= 4 is 11.8 Å². The molecular formula is C14H16O3. The summed E-state index contributed by atoms with van der Waals surface area (Å²) in [7, 11) is 0. The molecule has 1 heterocycles. The van der Waals surface area contributed by atoms with E-state index in [0.717, 1.165) is 18.4 Å². The van der Waals surface area contributed by atoms with Gasteiger partial charge in [0.2, 0.25) is 0 Å². The van der Waals surface area contributed by atoms with Gasteiger partial charge in [-0.25, -0.2) is 0 Å². The van der Waals surface area contributed by atoms with Gasteiger partial charge in [-0.05, 0) is 30.6 Å². The molecule has 0 radical (unpaired) electrons. The van der Waals surface area contributed by atoms with E-state index in [2.05, 4.69) is 6.92 Å². The zero-order valence-electron chi connectivity index (χ0n) is 10.1. The highest BCUT2D eigenvalue weighted by Crippen LogP contribution is 2.51. The summed E-state index contributed by atoms with van der Waals surface area (Å²) in [6, 6.07) is 0. The van der Waals surface area contributed by atoms with Crippen LogP contribution in [0.1, 0.15) is 26.7 Å². The SMILES string of the molecule is C[C@H]1C(=O)O[C@@H]2C3=CC(=O)C=C[C@]3(C)CC[C@H]21. The first-order valence-corrected chi connectivity index (χ1v) is 6.17. The van der Waals surface area contributed by atoms with Gasteiger partial charge in [-0.15, -0.1) is 0 Å². The number of carbonyl (C=O) groups is 2. The fourth-order valence-corrected chi connectivity index (χ4v) is 3.28. The average molecular weight is 232 g/mol. The monoisotopic (exact) mass is 232 g/mol. The number of ether oxygens (including phenoxy) is 1. The predicted molar refractivity (Wildman–Crippen MR) is 62.1 cm³/mol. The molecule has 90 valence electrons. The van der Waals surface area contributed by atoms with Crippen LogP contribution in [0.25, 0.3) is 0 Å². The Kier molecular flexibility index (Phi) is 2.09. The van der Waals surface area contributed by atoms with Crippen molar-refractivity contribution in [1.82, 2.24) is 0 Å². The van der Waals surface area contributed by atoms with Crippen molar-refractivity contribution < 1.29 is 14.3 Å². The first-order valence-electron chi connectivity index (χ1n) is 6.17. The third-order valence-electron chi connectivity index (χ3n) is 4.52. The molecule has 0 aromatic heterocycles. The third-order valence-corrected chi connectivity index (χ3v) is 4.52. The zero-order valence-corrected chi connectivity index (χ0v) is 10.1. The van der Waals surface area contributed by atoms with Gasteiger partial charge in [0.1, 0.15) is 6.10 Å². The first-order chi connectivity index (χ1) is 8.01. The molecule has 1 saturated carbocycles. The molecule has 0 N–H and O–H groups in total. The molecule has 3 aliphatic rings. The first kappa shape index (κ1) is 10.8. The van der Waals surface area contributed by atoms with Crippen LogP contribution in [0.4, 0.5) is 0 Å². The smallest absolute Gasteiger partial charge is 0.309 e. The maximum absolute atomic E-state index is 11.6. The lowest BCUT2D eigenvalue weighted by Gasteiger charge is -2.41. The second-order valence-corrected chi connectivity index (χ2v) is 5.60. The quantitative estimate of drug-likeness (QED) is 0.600. The predicted octanol–water partition coefficient (Wildman–Crippen LogP) is 2.03. The molecule has 0 unspecified atom stereocenters. The molecule has 1 saturated heterocycles. The number of fused-ring (bicyclic) bond motifs is 3. The Balaban J connectivity index is 2.02. The van der Waals surface area contributed by atoms with Crippen LogP contribution in [0.3, 0.4) is 0 Å². The molecule has 2 aliphatic carbocycles. The van der Waals surface area contributed by atoms with Gasteiger partial charge in [0, 0.05) is 11.3 Å². The molecule has 3 heteroatoms. The number of hydrogen-bond acceptors (Lipinski definition) is 3. The van der Waals surface area contributed by atoms with Crippen molar-refractivity contribution in [3.63, 3.8) is 0 Å². The summed E-state index contributed by atoms with van der Waals surface area (Å²) >= 11 is 0. The highest BCUT2D eigenvalue weighted by Gasteiger charge is 2.51. The third kappa shape index (κ3) is 1.41. The minimum atomic E-state index is -0.176. The highest BCUT2D eigenvalue weighted by molar-refractivity contribution is 6.01. The second kappa shape index (κ2) is 3.31. The van der Waals surface area contributed by atoms with Crippen molar-refractivity contribution in [2.45, 2.75) is 32.8 Å². The molecule has 0 amide bonds. The topological polar surface area (TPSA) is 43.4 Å². The van der Waals surface area contributed by atoms with E-state index < -0.39 is 0 Å². The summed E-state index contributed by atoms with van der Waals surface area (Å²) in [6.07, 6.45) is 7.07. The molecule has 3 rings (SSSR count). The van der Waals surface area contributed by atoms with E-state index in [0.29, 0.717) is 0 Å². The second-order valence-electron chi connectivity index (χ2n) is 5.60. The molecule has 4 atom stereocenters. The minimum absolute atomic E-state index is 0.00808. The Bertz CT molecular complexity index is 460. The molecule has 0 aromatic rings. The molecule has 0 bridgehead atoms. The molecule has 17 heavy (non-hydrogen) atoms. The van der Waals surface area contributed by atoms with E-state index in [-0.39, 0.29) is 35.1 Å². The summed E-state index contributed by atoms with van der Waals surface area (Å²) in [5.74, 6) is 0.105. The summed E-state index contributed by atoms with van der Waals surface area (Å²) in [6.45, 7) is 4.05. The summed E-state index contributed by atoms with van der Waals surface area (Å²) in [4.78, 5) is 23.2. The van der Waals surface area contributed by atoms with Crippen LogP contribution in [0, 0.1) is 17.3 Å². The summed E-state index contributed by atoms with van der Waals surface area (Å²) in [5, 5.41) is 0. The molecule has 0 aromatic carbocycles. The average Bonchev–Trinajstić information content (AvgIpc) is 2.57. The van der Waals surface area contributed by atoms with E-state index in [1.807, 2.05) is 13.0 Å². The molecule has 0 spiro atoms. The standard InChI is InChI=1S/C14H16O3/c1-8-10-4-6-14(2)5-3-9(15)7-11(14)12(10)17-13(8)16/h3,5,7-8,10,12H,4,6H2,1-2H3/t8-,10+,12+,14-/m1/s1. The van der Waals surface area contributed by atoms with Crippen LogP contribution < -0.4 is 0 Å². The van der Waals surface area contributed by atoms with Crippen molar-refractivity contribution in [1.29, 1.82) is 0 Å². The Labute approximate surface area is 101 Å². The van der Waals surface area contributed by atoms with Gasteiger partial charge in [0.25, 0.3) is 0 Å². The van der Waals surface area contributed by atoms with E-state index in [4.69, 9.17) is 4.74 Å². The normalized spacial score (nSPS) is 43.9. The molecule has 2 fully saturated rings. The maximum Gasteiger partial charge on any atom is 0.309 e. The number of carbonyl (C=O) groups excluding carboxylic acids is 2. The van der Waals surface area contributed by atoms with Crippen LogP contribution in [-0.2, 0) is 14.3 Å². The van der Waals surface area contributed by atoms with Crippen LogP contribution in [0.2, 0.25) is 0 Å². The van der Waals surface area contributed by atoms with Gasteiger partial charge in [0.15, 0.2) is 5.78 Å². The molecule has 3 nitrogen and oxygen atoms in total. The highest BCUT2D eigenvalue weighted by atomic mass is 16.6. The van der Waals surface area contributed by atoms with Gasteiger partial charge >= 0.3 is 5.97 Å². The Morgan fingerprint density at radius 1 is 1.41 bits per heavy atom. The Morgan fingerprint density at radius 2 is 2.18 bits per heavy atom. The molecular weight excluding hydrogens is 216 g/mol. The van der Waals surface area contributed by atoms with Crippen LogP contribution in [0.5, 0.6) is 0 Å². The van der Waals surface area contributed by atoms with Gasteiger partial charge in [-0.1, -0.05) is 19.9 Å². The lowest BCUT2D eigenvalue weighted by molar-refractivity contribution is -0.143. The Hall–Kier alpha value is -1.38. The van der Waals surface area contributed by atoms with Crippen molar-refractivity contribution in [3.05, 3.63) is 23.8 Å². The van der Waals surface area contributed by atoms with Crippen molar-refractivity contribution in [2.75, 3.05) is 0 Å². The summed E-state index contributed by atoms with van der Waals surface area (Å²) < 4.78 is 5.47. The van der Waals surface area contributed by atoms with E-state index in [1.165, 1.54) is 0 Å². The fraction of sp³-hybridized carbons (Fsp3) is 0.571. The van der Waals surface area contributed by atoms with Crippen LogP contribution in [0.15, 0.2) is 23.8 Å². The zero-order chi connectivity index (χ0) is 12.2. The fourth-order valence-electron chi connectivity index (χ4n) is 3.28. The lowest BCUT2D eigenvalue weighted by atomic mass is 9.63. The Morgan fingerprint density at radius 3 is 2.94 bits per heavy atom. The van der Waals surface area contributed by atoms with Crippen molar-refractivity contribution in [2.24, 2.45) is 17.3 Å². The van der Waals surface area contributed by atoms with E-state index in [9.17, 15) is 9.59 Å². The maximum atomic E-state index is 11.6.